The molecule has 1 radical (unpaired) electrons. The Morgan fingerprint density at radius 2 is 1.84 bits per heavy atom. The molecule has 0 N–H and O–H groups in total. The van der Waals surface area contributed by atoms with E-state index in [1.54, 1.807) is 32.4 Å². The molecule has 2 nitrogen and oxygen atoms in total. The van der Waals surface area contributed by atoms with Gasteiger partial charge in [-0.3, -0.25) is 0 Å². The molecule has 19 heavy (non-hydrogen) atoms. The summed E-state index contributed by atoms with van der Waals surface area (Å²) in [6.45, 7) is 3.99. The highest BCUT2D eigenvalue weighted by molar-refractivity contribution is 6.31. The summed E-state index contributed by atoms with van der Waals surface area (Å²) in [5, 5.41) is 0.0756. The number of rotatable bonds is 3. The minimum Gasteiger partial charge on any atom is -0.493 e. The van der Waals surface area contributed by atoms with Gasteiger partial charge in [0.2, 0.25) is 0 Å². The third-order valence-electron chi connectivity index (χ3n) is 2.88. The van der Waals surface area contributed by atoms with Crippen LogP contribution in [-0.2, 0) is 0 Å². The van der Waals surface area contributed by atoms with Crippen molar-refractivity contribution in [1.82, 2.24) is 0 Å². The number of ether oxygens (including phenoxy) is 2. The number of methoxy groups -OCH3 is 2. The van der Waals surface area contributed by atoms with Gasteiger partial charge in [-0.15, -0.1) is 0 Å². The maximum Gasteiger partial charge on any atom is 0.164 e. The first-order chi connectivity index (χ1) is 9.08. The second kappa shape index (κ2) is 5.49. The number of benzene rings is 2. The molecule has 99 valence electrons. The highest BCUT2D eigenvalue weighted by Gasteiger charge is 2.13. The molecule has 0 aliphatic rings. The van der Waals surface area contributed by atoms with Gasteiger partial charge in [-0.2, -0.15) is 0 Å². The number of hydrogen-bond acceptors (Lipinski definition) is 2. The van der Waals surface area contributed by atoms with Crippen LogP contribution in [0.15, 0.2) is 30.3 Å². The lowest BCUT2D eigenvalue weighted by Gasteiger charge is -2.14. The normalized spacial score (nSPS) is 10.4. The Morgan fingerprint density at radius 3 is 2.42 bits per heavy atom. The molecule has 2 aromatic rings. The first-order valence-electron chi connectivity index (χ1n) is 5.60. The Kier molecular flexibility index (Phi) is 3.96. The second-order valence-corrected chi connectivity index (χ2v) is 4.36. The summed E-state index contributed by atoms with van der Waals surface area (Å²) in [7, 11) is 3.11. The molecule has 2 rings (SSSR count). The molecule has 0 spiro atoms. The third-order valence-corrected chi connectivity index (χ3v) is 3.17. The Hall–Kier alpha value is -1.74. The van der Waals surface area contributed by atoms with Crippen molar-refractivity contribution in [2.75, 3.05) is 14.2 Å². The fourth-order valence-corrected chi connectivity index (χ4v) is 2.11. The van der Waals surface area contributed by atoms with Crippen molar-refractivity contribution in [1.29, 1.82) is 0 Å². The molecule has 0 aliphatic carbocycles. The molecular weight excluding hydrogens is 267 g/mol. The molecule has 0 fully saturated rings. The molecule has 2 aromatic carbocycles. The summed E-state index contributed by atoms with van der Waals surface area (Å²) < 4.78 is 23.7. The van der Waals surface area contributed by atoms with Crippen molar-refractivity contribution in [2.45, 2.75) is 0 Å². The van der Waals surface area contributed by atoms with E-state index in [1.165, 1.54) is 6.07 Å². The van der Waals surface area contributed by atoms with Crippen LogP contribution >= 0.6 is 11.6 Å². The first kappa shape index (κ1) is 13.7. The standard InChI is InChI=1S/C15H13ClFO2/c1-9-11(5-7-14(18-2)15(9)19-3)10-4-6-13(17)12(16)8-10/h4-8H,1H2,2-3H3. The van der Waals surface area contributed by atoms with Crippen LogP contribution in [0.5, 0.6) is 11.5 Å². The zero-order chi connectivity index (χ0) is 14.0. The summed E-state index contributed by atoms with van der Waals surface area (Å²) in [5.41, 5.74) is 2.27. The molecule has 4 heteroatoms. The van der Waals surface area contributed by atoms with Crippen LogP contribution in [0.1, 0.15) is 5.56 Å². The van der Waals surface area contributed by atoms with Gasteiger partial charge in [0.15, 0.2) is 11.5 Å². The monoisotopic (exact) mass is 279 g/mol. The predicted molar refractivity (Wildman–Crippen MR) is 74.4 cm³/mol. The summed E-state index contributed by atoms with van der Waals surface area (Å²) in [4.78, 5) is 0. The predicted octanol–water partition coefficient (Wildman–Crippen LogP) is 4.35. The molecule has 0 amide bonds. The summed E-state index contributed by atoms with van der Waals surface area (Å²) >= 11 is 5.80. The zero-order valence-corrected chi connectivity index (χ0v) is 11.4. The van der Waals surface area contributed by atoms with Gasteiger partial charge in [-0.05, 0) is 36.2 Å². The van der Waals surface area contributed by atoms with Crippen molar-refractivity contribution in [3.63, 3.8) is 0 Å². The highest BCUT2D eigenvalue weighted by atomic mass is 35.5. The average Bonchev–Trinajstić information content (AvgIpc) is 2.41. The van der Waals surface area contributed by atoms with Gasteiger partial charge in [-0.25, -0.2) is 4.39 Å². The summed E-state index contributed by atoms with van der Waals surface area (Å²) in [6, 6.07) is 8.16. The van der Waals surface area contributed by atoms with Gasteiger partial charge in [0.25, 0.3) is 0 Å². The van der Waals surface area contributed by atoms with E-state index in [9.17, 15) is 4.39 Å². The largest absolute Gasteiger partial charge is 0.493 e. The summed E-state index contributed by atoms with van der Waals surface area (Å²) in [6.07, 6.45) is 0. The topological polar surface area (TPSA) is 18.5 Å². The Morgan fingerprint density at radius 1 is 1.11 bits per heavy atom. The van der Waals surface area contributed by atoms with Gasteiger partial charge >= 0.3 is 0 Å². The fourth-order valence-electron chi connectivity index (χ4n) is 1.92. The number of halogens is 2. The van der Waals surface area contributed by atoms with E-state index in [0.29, 0.717) is 17.1 Å². The molecule has 0 unspecified atom stereocenters. The van der Waals surface area contributed by atoms with Crippen LogP contribution in [0.4, 0.5) is 4.39 Å². The molecule has 0 saturated heterocycles. The zero-order valence-electron chi connectivity index (χ0n) is 10.7. The van der Waals surface area contributed by atoms with Crippen LogP contribution in [0.2, 0.25) is 5.02 Å². The Labute approximate surface area is 116 Å². The van der Waals surface area contributed by atoms with Gasteiger partial charge in [-0.1, -0.05) is 23.7 Å². The second-order valence-electron chi connectivity index (χ2n) is 3.96. The quantitative estimate of drug-likeness (QED) is 0.832. The Bertz CT molecular complexity index is 611. The molecule has 0 aliphatic heterocycles. The molecule has 0 bridgehead atoms. The lowest BCUT2D eigenvalue weighted by molar-refractivity contribution is 0.354. The van der Waals surface area contributed by atoms with Crippen LogP contribution in [0.3, 0.4) is 0 Å². The Balaban J connectivity index is 2.59. The van der Waals surface area contributed by atoms with E-state index in [-0.39, 0.29) is 5.02 Å². The van der Waals surface area contributed by atoms with Gasteiger partial charge in [0.1, 0.15) is 5.82 Å². The maximum atomic E-state index is 13.2. The maximum absolute atomic E-state index is 13.2. The first-order valence-corrected chi connectivity index (χ1v) is 5.98. The lowest BCUT2D eigenvalue weighted by Crippen LogP contribution is -1.95. The fraction of sp³-hybridized carbons (Fsp3) is 0.133. The van der Waals surface area contributed by atoms with E-state index in [2.05, 4.69) is 6.92 Å². The van der Waals surface area contributed by atoms with Gasteiger partial charge in [0, 0.05) is 5.56 Å². The van der Waals surface area contributed by atoms with Crippen LogP contribution in [-0.4, -0.2) is 14.2 Å². The molecule has 0 aromatic heterocycles. The highest BCUT2D eigenvalue weighted by Crippen LogP contribution is 2.38. The molecule has 0 atom stereocenters. The lowest BCUT2D eigenvalue weighted by atomic mass is 9.99. The van der Waals surface area contributed by atoms with Crippen LogP contribution in [0, 0.1) is 12.7 Å². The molecular formula is C15H13ClFO2. The van der Waals surface area contributed by atoms with Crippen molar-refractivity contribution in [2.24, 2.45) is 0 Å². The van der Waals surface area contributed by atoms with Gasteiger partial charge in [0.05, 0.1) is 19.2 Å². The average molecular weight is 280 g/mol. The van der Waals surface area contributed by atoms with Gasteiger partial charge < -0.3 is 9.47 Å². The molecule has 0 saturated carbocycles. The van der Waals surface area contributed by atoms with E-state index in [4.69, 9.17) is 21.1 Å². The van der Waals surface area contributed by atoms with E-state index in [0.717, 1.165) is 11.1 Å². The minimum absolute atomic E-state index is 0.0756. The van der Waals surface area contributed by atoms with Crippen molar-refractivity contribution >= 4 is 11.6 Å². The summed E-state index contributed by atoms with van der Waals surface area (Å²) in [5.74, 6) is 0.710. The van der Waals surface area contributed by atoms with Crippen LogP contribution < -0.4 is 9.47 Å². The smallest absolute Gasteiger partial charge is 0.164 e. The number of hydrogen-bond donors (Lipinski definition) is 0. The van der Waals surface area contributed by atoms with E-state index >= 15 is 0 Å². The van der Waals surface area contributed by atoms with Crippen LogP contribution in [0.25, 0.3) is 11.1 Å². The van der Waals surface area contributed by atoms with Crippen molar-refractivity contribution < 1.29 is 13.9 Å². The van der Waals surface area contributed by atoms with Crippen molar-refractivity contribution in [3.05, 3.63) is 53.7 Å². The SMILES string of the molecule is [CH2]c1c(-c2ccc(F)c(Cl)c2)ccc(OC)c1OC. The van der Waals surface area contributed by atoms with E-state index < -0.39 is 5.82 Å². The molecule has 0 heterocycles. The van der Waals surface area contributed by atoms with Crippen molar-refractivity contribution in [3.8, 4) is 22.6 Å². The van der Waals surface area contributed by atoms with E-state index in [1.807, 2.05) is 6.07 Å². The third kappa shape index (κ3) is 2.51. The minimum atomic E-state index is -0.448.